The number of aryl methyl sites for hydroxylation is 2. The Morgan fingerprint density at radius 2 is 2.22 bits per heavy atom. The van der Waals surface area contributed by atoms with E-state index in [-0.39, 0.29) is 0 Å². The van der Waals surface area contributed by atoms with Gasteiger partial charge < -0.3 is 4.52 Å². The van der Waals surface area contributed by atoms with E-state index in [1.807, 2.05) is 13.0 Å². The molecule has 18 heavy (non-hydrogen) atoms. The fraction of sp³-hybridized carbons (Fsp3) is 0.538. The minimum Gasteiger partial charge on any atom is -0.364 e. The molecule has 1 atom stereocenters. The van der Waals surface area contributed by atoms with Crippen LogP contribution in [0.25, 0.3) is 0 Å². The normalized spacial score (nSPS) is 13.2. The van der Waals surface area contributed by atoms with Crippen LogP contribution in [0, 0.1) is 13.8 Å². The average Bonchev–Trinajstić information content (AvgIpc) is 2.89. The maximum absolute atomic E-state index is 4.84. The number of rotatable bonds is 5. The van der Waals surface area contributed by atoms with E-state index in [1.165, 1.54) is 5.69 Å². The van der Waals surface area contributed by atoms with E-state index in [2.05, 4.69) is 46.8 Å². The quantitative estimate of drug-likeness (QED) is 0.812. The molecule has 1 unspecified atom stereocenters. The second kappa shape index (κ2) is 5.35. The van der Waals surface area contributed by atoms with Gasteiger partial charge in [-0.2, -0.15) is 5.10 Å². The summed E-state index contributed by atoms with van der Waals surface area (Å²) >= 11 is 0. The maximum atomic E-state index is 4.84. The summed E-state index contributed by atoms with van der Waals surface area (Å²) in [5, 5.41) is 8.41. The van der Waals surface area contributed by atoms with Gasteiger partial charge >= 0.3 is 0 Å². The molecule has 0 N–H and O–H groups in total. The van der Waals surface area contributed by atoms with E-state index in [0.717, 1.165) is 24.5 Å². The highest BCUT2D eigenvalue weighted by atomic mass is 16.5. The Labute approximate surface area is 107 Å². The number of nitrogens with zero attached hydrogens (tertiary/aromatic N) is 4. The molecule has 2 heterocycles. The molecule has 98 valence electrons. The predicted molar refractivity (Wildman–Crippen MR) is 69.1 cm³/mol. The summed E-state index contributed by atoms with van der Waals surface area (Å²) in [5.74, 6) is 0. The molecule has 0 aromatic carbocycles. The van der Waals surface area contributed by atoms with Crippen molar-refractivity contribution in [2.45, 2.75) is 39.9 Å². The Bertz CT molecular complexity index is 489. The first-order valence-electron chi connectivity index (χ1n) is 6.17. The van der Waals surface area contributed by atoms with Crippen molar-refractivity contribution in [3.8, 4) is 0 Å². The lowest BCUT2D eigenvalue weighted by Gasteiger charge is -2.24. The zero-order chi connectivity index (χ0) is 13.1. The van der Waals surface area contributed by atoms with Crippen molar-refractivity contribution in [2.24, 2.45) is 0 Å². The van der Waals surface area contributed by atoms with Gasteiger partial charge in [-0.1, -0.05) is 5.16 Å². The molecule has 2 aromatic heterocycles. The van der Waals surface area contributed by atoms with Gasteiger partial charge in [0.1, 0.15) is 6.26 Å². The van der Waals surface area contributed by atoms with Crippen molar-refractivity contribution in [3.63, 3.8) is 0 Å². The maximum Gasteiger partial charge on any atom is 0.124 e. The third-order valence-electron chi connectivity index (χ3n) is 3.20. The topological polar surface area (TPSA) is 47.1 Å². The van der Waals surface area contributed by atoms with Gasteiger partial charge in [-0.25, -0.2) is 0 Å². The van der Waals surface area contributed by atoms with Gasteiger partial charge in [0.15, 0.2) is 0 Å². The summed E-state index contributed by atoms with van der Waals surface area (Å²) in [6, 6.07) is 4.39. The minimum absolute atomic E-state index is 0.389. The molecule has 0 aliphatic heterocycles. The summed E-state index contributed by atoms with van der Waals surface area (Å²) < 4.78 is 6.90. The molecule has 0 amide bonds. The van der Waals surface area contributed by atoms with Crippen molar-refractivity contribution in [2.75, 3.05) is 7.05 Å². The first-order chi connectivity index (χ1) is 8.56. The fourth-order valence-corrected chi connectivity index (χ4v) is 1.98. The van der Waals surface area contributed by atoms with Crippen LogP contribution in [0.15, 0.2) is 22.9 Å². The molecule has 2 aromatic rings. The number of hydrogen-bond donors (Lipinski definition) is 0. The molecule has 0 saturated heterocycles. The molecule has 2 rings (SSSR count). The third kappa shape index (κ3) is 2.98. The minimum atomic E-state index is 0.389. The van der Waals surface area contributed by atoms with Gasteiger partial charge in [-0.15, -0.1) is 0 Å². The van der Waals surface area contributed by atoms with Crippen LogP contribution in [0.5, 0.6) is 0 Å². The van der Waals surface area contributed by atoms with E-state index in [0.29, 0.717) is 6.04 Å². The molecule has 0 spiro atoms. The molecule has 0 radical (unpaired) electrons. The first kappa shape index (κ1) is 12.8. The Balaban J connectivity index is 1.95. The number of aromatic nitrogens is 3. The summed E-state index contributed by atoms with van der Waals surface area (Å²) in [6.07, 6.45) is 1.61. The van der Waals surface area contributed by atoms with Crippen LogP contribution in [0.4, 0.5) is 0 Å². The lowest BCUT2D eigenvalue weighted by molar-refractivity contribution is 0.214. The Kier molecular flexibility index (Phi) is 3.81. The molecule has 5 nitrogen and oxygen atoms in total. The SMILES string of the molecule is Cc1cc(C)n(CC(C)N(C)Cc2ccon2)n1. The predicted octanol–water partition coefficient (Wildman–Crippen LogP) is 2.01. The Morgan fingerprint density at radius 3 is 2.78 bits per heavy atom. The van der Waals surface area contributed by atoms with Crippen LogP contribution >= 0.6 is 0 Å². The van der Waals surface area contributed by atoms with E-state index < -0.39 is 0 Å². The van der Waals surface area contributed by atoms with Crippen LogP contribution in [0.2, 0.25) is 0 Å². The smallest absolute Gasteiger partial charge is 0.124 e. The molecule has 0 fully saturated rings. The molecular formula is C13H20N4O. The summed E-state index contributed by atoms with van der Waals surface area (Å²) in [5.41, 5.74) is 3.23. The number of hydrogen-bond acceptors (Lipinski definition) is 4. The van der Waals surface area contributed by atoms with Gasteiger partial charge in [-0.3, -0.25) is 9.58 Å². The third-order valence-corrected chi connectivity index (χ3v) is 3.20. The van der Waals surface area contributed by atoms with Crippen molar-refractivity contribution >= 4 is 0 Å². The molecule has 0 aliphatic carbocycles. The largest absolute Gasteiger partial charge is 0.364 e. The summed E-state index contributed by atoms with van der Waals surface area (Å²) in [4.78, 5) is 2.24. The van der Waals surface area contributed by atoms with Gasteiger partial charge in [0.05, 0.1) is 17.9 Å². The molecule has 5 heteroatoms. The van der Waals surface area contributed by atoms with Crippen molar-refractivity contribution < 1.29 is 4.52 Å². The van der Waals surface area contributed by atoms with Crippen LogP contribution in [-0.2, 0) is 13.1 Å². The zero-order valence-electron chi connectivity index (χ0n) is 11.4. The average molecular weight is 248 g/mol. The first-order valence-corrected chi connectivity index (χ1v) is 6.17. The van der Waals surface area contributed by atoms with E-state index >= 15 is 0 Å². The van der Waals surface area contributed by atoms with Gasteiger partial charge in [0.25, 0.3) is 0 Å². The molecule has 0 bridgehead atoms. The number of likely N-dealkylation sites (N-methyl/N-ethyl adjacent to an activating group) is 1. The molecule has 0 aliphatic rings. The Morgan fingerprint density at radius 1 is 1.44 bits per heavy atom. The lowest BCUT2D eigenvalue weighted by Crippen LogP contribution is -2.33. The zero-order valence-corrected chi connectivity index (χ0v) is 11.4. The highest BCUT2D eigenvalue weighted by molar-refractivity contribution is 5.06. The van der Waals surface area contributed by atoms with Crippen molar-refractivity contribution in [3.05, 3.63) is 35.5 Å². The van der Waals surface area contributed by atoms with Gasteiger partial charge in [0.2, 0.25) is 0 Å². The van der Waals surface area contributed by atoms with Crippen LogP contribution in [0.1, 0.15) is 24.0 Å². The van der Waals surface area contributed by atoms with Gasteiger partial charge in [-0.05, 0) is 33.9 Å². The van der Waals surface area contributed by atoms with Crippen LogP contribution in [0.3, 0.4) is 0 Å². The van der Waals surface area contributed by atoms with E-state index in [9.17, 15) is 0 Å². The highest BCUT2D eigenvalue weighted by Gasteiger charge is 2.13. The monoisotopic (exact) mass is 248 g/mol. The summed E-state index contributed by atoms with van der Waals surface area (Å²) in [7, 11) is 2.09. The molecular weight excluding hydrogens is 228 g/mol. The lowest BCUT2D eigenvalue weighted by atomic mass is 10.2. The Hall–Kier alpha value is -1.62. The summed E-state index contributed by atoms with van der Waals surface area (Å²) in [6.45, 7) is 7.97. The van der Waals surface area contributed by atoms with E-state index in [4.69, 9.17) is 4.52 Å². The van der Waals surface area contributed by atoms with Gasteiger partial charge in [0, 0.05) is 24.3 Å². The second-order valence-corrected chi connectivity index (χ2v) is 4.86. The van der Waals surface area contributed by atoms with Crippen LogP contribution in [-0.4, -0.2) is 32.9 Å². The van der Waals surface area contributed by atoms with Crippen molar-refractivity contribution in [1.82, 2.24) is 19.8 Å². The van der Waals surface area contributed by atoms with Crippen molar-refractivity contribution in [1.29, 1.82) is 0 Å². The fourth-order valence-electron chi connectivity index (χ4n) is 1.98. The molecule has 0 saturated carbocycles. The highest BCUT2D eigenvalue weighted by Crippen LogP contribution is 2.08. The van der Waals surface area contributed by atoms with E-state index in [1.54, 1.807) is 6.26 Å². The standard InChI is InChI=1S/C13H20N4O/c1-10-7-11(2)17(14-10)8-12(3)16(4)9-13-5-6-18-15-13/h5-7,12H,8-9H2,1-4H3. The van der Waals surface area contributed by atoms with Crippen LogP contribution < -0.4 is 0 Å². The second-order valence-electron chi connectivity index (χ2n) is 4.86.